The highest BCUT2D eigenvalue weighted by molar-refractivity contribution is 5.89. The highest BCUT2D eigenvalue weighted by atomic mass is 19.1. The molecule has 2 N–H and O–H groups in total. The van der Waals surface area contributed by atoms with Crippen molar-refractivity contribution >= 4 is 11.7 Å². The molecule has 0 aromatic heterocycles. The highest BCUT2D eigenvalue weighted by Crippen LogP contribution is 2.26. The summed E-state index contributed by atoms with van der Waals surface area (Å²) >= 11 is 0. The number of carboxylic acids is 1. The van der Waals surface area contributed by atoms with Gasteiger partial charge in [0.15, 0.2) is 0 Å². The van der Waals surface area contributed by atoms with Crippen LogP contribution in [0.15, 0.2) is 36.4 Å². The van der Waals surface area contributed by atoms with Crippen molar-refractivity contribution in [2.24, 2.45) is 0 Å². The Morgan fingerprint density at radius 2 is 2.00 bits per heavy atom. The Bertz CT molecular complexity index is 674. The number of hydrogen-bond donors (Lipinski definition) is 2. The van der Waals surface area contributed by atoms with Crippen LogP contribution in [0.2, 0.25) is 0 Å². The summed E-state index contributed by atoms with van der Waals surface area (Å²) in [7, 11) is 1.43. The Morgan fingerprint density at radius 3 is 2.67 bits per heavy atom. The fourth-order valence-electron chi connectivity index (χ4n) is 1.85. The van der Waals surface area contributed by atoms with Crippen molar-refractivity contribution in [3.05, 3.63) is 59.2 Å². The zero-order chi connectivity index (χ0) is 15.4. The highest BCUT2D eigenvalue weighted by Gasteiger charge is 2.10. The number of carboxylic acid groups (broad SMARTS) is 1. The molecule has 21 heavy (non-hydrogen) atoms. The molecule has 0 aliphatic heterocycles. The van der Waals surface area contributed by atoms with Gasteiger partial charge in [-0.1, -0.05) is 0 Å². The van der Waals surface area contributed by atoms with Gasteiger partial charge < -0.3 is 15.2 Å². The Labute approximate surface area is 120 Å². The summed E-state index contributed by atoms with van der Waals surface area (Å²) in [5, 5.41) is 11.8. The number of rotatable bonds is 5. The summed E-state index contributed by atoms with van der Waals surface area (Å²) < 4.78 is 31.7. The minimum atomic E-state index is -1.09. The monoisotopic (exact) mass is 293 g/mol. The van der Waals surface area contributed by atoms with E-state index < -0.39 is 17.6 Å². The van der Waals surface area contributed by atoms with Crippen LogP contribution in [0.3, 0.4) is 0 Å². The van der Waals surface area contributed by atoms with Crippen LogP contribution in [0.25, 0.3) is 0 Å². The third kappa shape index (κ3) is 3.47. The van der Waals surface area contributed by atoms with Crippen molar-refractivity contribution in [1.82, 2.24) is 0 Å². The molecule has 0 spiro atoms. The van der Waals surface area contributed by atoms with E-state index in [1.165, 1.54) is 25.3 Å². The number of aromatic carboxylic acids is 1. The fraction of sp³-hybridized carbons (Fsp3) is 0.133. The predicted octanol–water partition coefficient (Wildman–Crippen LogP) is 3.28. The Hall–Kier alpha value is -2.63. The van der Waals surface area contributed by atoms with Gasteiger partial charge in [-0.25, -0.2) is 13.6 Å². The Kier molecular flexibility index (Phi) is 4.37. The van der Waals surface area contributed by atoms with Crippen molar-refractivity contribution in [3.8, 4) is 5.75 Å². The first-order valence-electron chi connectivity index (χ1n) is 6.10. The molecule has 2 aromatic rings. The predicted molar refractivity (Wildman–Crippen MR) is 73.6 cm³/mol. The lowest BCUT2D eigenvalue weighted by Crippen LogP contribution is -2.05. The summed E-state index contributed by atoms with van der Waals surface area (Å²) in [6.07, 6.45) is 0. The molecule has 0 aliphatic rings. The lowest BCUT2D eigenvalue weighted by atomic mass is 10.1. The summed E-state index contributed by atoms with van der Waals surface area (Å²) in [5.74, 6) is -1.76. The second-order valence-electron chi connectivity index (χ2n) is 4.31. The van der Waals surface area contributed by atoms with Gasteiger partial charge in [0.2, 0.25) is 0 Å². The fourth-order valence-corrected chi connectivity index (χ4v) is 1.85. The van der Waals surface area contributed by atoms with Gasteiger partial charge in [-0.05, 0) is 36.4 Å². The normalized spacial score (nSPS) is 10.2. The Balaban J connectivity index is 2.24. The van der Waals surface area contributed by atoms with Gasteiger partial charge in [0, 0.05) is 12.1 Å². The van der Waals surface area contributed by atoms with Gasteiger partial charge in [0.05, 0.1) is 18.4 Å². The van der Waals surface area contributed by atoms with Gasteiger partial charge in [0.25, 0.3) is 0 Å². The molecule has 0 heterocycles. The molecule has 0 saturated heterocycles. The van der Waals surface area contributed by atoms with Crippen LogP contribution < -0.4 is 10.1 Å². The van der Waals surface area contributed by atoms with Crippen LogP contribution in [0.4, 0.5) is 14.5 Å². The average molecular weight is 293 g/mol. The zero-order valence-electron chi connectivity index (χ0n) is 11.2. The molecule has 6 heteroatoms. The van der Waals surface area contributed by atoms with E-state index in [1.54, 1.807) is 0 Å². The number of halogens is 2. The lowest BCUT2D eigenvalue weighted by Gasteiger charge is -2.12. The number of carbonyl (C=O) groups is 1. The van der Waals surface area contributed by atoms with Crippen LogP contribution in [0, 0.1) is 11.6 Å². The first kappa shape index (κ1) is 14.8. The maximum atomic E-state index is 13.5. The zero-order valence-corrected chi connectivity index (χ0v) is 11.2. The second kappa shape index (κ2) is 6.21. The van der Waals surface area contributed by atoms with Crippen LogP contribution in [-0.4, -0.2) is 18.2 Å². The molecule has 110 valence electrons. The van der Waals surface area contributed by atoms with Crippen molar-refractivity contribution in [1.29, 1.82) is 0 Å². The molecule has 0 bridgehead atoms. The maximum absolute atomic E-state index is 13.5. The van der Waals surface area contributed by atoms with E-state index in [0.29, 0.717) is 11.4 Å². The van der Waals surface area contributed by atoms with Gasteiger partial charge in [0.1, 0.15) is 17.4 Å². The molecule has 0 radical (unpaired) electrons. The third-order valence-corrected chi connectivity index (χ3v) is 2.92. The molecular weight excluding hydrogens is 280 g/mol. The van der Waals surface area contributed by atoms with E-state index >= 15 is 0 Å². The van der Waals surface area contributed by atoms with E-state index in [1.807, 2.05) is 0 Å². The average Bonchev–Trinajstić information content (AvgIpc) is 2.47. The second-order valence-corrected chi connectivity index (χ2v) is 4.31. The van der Waals surface area contributed by atoms with Gasteiger partial charge in [-0.15, -0.1) is 0 Å². The van der Waals surface area contributed by atoms with Crippen LogP contribution in [0.5, 0.6) is 5.75 Å². The van der Waals surface area contributed by atoms with Gasteiger partial charge in [-0.2, -0.15) is 0 Å². The molecule has 2 aromatic carbocycles. The number of ether oxygens (including phenoxy) is 1. The molecular formula is C15H13F2NO3. The van der Waals surface area contributed by atoms with Gasteiger partial charge in [-0.3, -0.25) is 0 Å². The van der Waals surface area contributed by atoms with Crippen molar-refractivity contribution in [3.63, 3.8) is 0 Å². The van der Waals surface area contributed by atoms with Crippen molar-refractivity contribution in [2.75, 3.05) is 12.4 Å². The first-order chi connectivity index (χ1) is 10.0. The summed E-state index contributed by atoms with van der Waals surface area (Å²) in [4.78, 5) is 10.9. The first-order valence-corrected chi connectivity index (χ1v) is 6.10. The summed E-state index contributed by atoms with van der Waals surface area (Å²) in [6.45, 7) is 0.00300. The SMILES string of the molecule is COc1ccc(C(=O)O)cc1NCc1cc(F)ccc1F. The minimum Gasteiger partial charge on any atom is -0.495 e. The number of anilines is 1. The molecule has 0 unspecified atom stereocenters. The van der Waals surface area contributed by atoms with Crippen LogP contribution >= 0.6 is 0 Å². The molecule has 0 amide bonds. The number of methoxy groups -OCH3 is 1. The smallest absolute Gasteiger partial charge is 0.335 e. The van der Waals surface area contributed by atoms with Crippen molar-refractivity contribution < 1.29 is 23.4 Å². The van der Waals surface area contributed by atoms with Crippen LogP contribution in [0.1, 0.15) is 15.9 Å². The number of nitrogens with one attached hydrogen (secondary N) is 1. The number of hydrogen-bond acceptors (Lipinski definition) is 3. The standard InChI is InChI=1S/C15H13F2NO3/c1-21-14-5-2-9(15(19)20)7-13(14)18-8-10-6-11(16)3-4-12(10)17/h2-7,18H,8H2,1H3,(H,19,20). The van der Waals surface area contributed by atoms with E-state index in [9.17, 15) is 13.6 Å². The van der Waals surface area contributed by atoms with E-state index in [-0.39, 0.29) is 17.7 Å². The molecule has 0 aliphatic carbocycles. The molecule has 0 atom stereocenters. The minimum absolute atomic E-state index is 0.00300. The lowest BCUT2D eigenvalue weighted by molar-refractivity contribution is 0.0697. The van der Waals surface area contributed by atoms with Crippen LogP contribution in [-0.2, 0) is 6.54 Å². The van der Waals surface area contributed by atoms with E-state index in [4.69, 9.17) is 9.84 Å². The summed E-state index contributed by atoms with van der Waals surface area (Å²) in [5.41, 5.74) is 0.594. The van der Waals surface area contributed by atoms with E-state index in [2.05, 4.69) is 5.32 Å². The topological polar surface area (TPSA) is 58.6 Å². The third-order valence-electron chi connectivity index (χ3n) is 2.92. The molecule has 0 saturated carbocycles. The summed E-state index contributed by atoms with van der Waals surface area (Å²) in [6, 6.07) is 7.42. The molecule has 2 rings (SSSR count). The molecule has 0 fully saturated rings. The Morgan fingerprint density at radius 1 is 1.24 bits per heavy atom. The molecule has 4 nitrogen and oxygen atoms in total. The number of benzene rings is 2. The van der Waals surface area contributed by atoms with Gasteiger partial charge >= 0.3 is 5.97 Å². The largest absolute Gasteiger partial charge is 0.495 e. The van der Waals surface area contributed by atoms with E-state index in [0.717, 1.165) is 18.2 Å². The van der Waals surface area contributed by atoms with Crippen molar-refractivity contribution in [2.45, 2.75) is 6.54 Å². The maximum Gasteiger partial charge on any atom is 0.335 e. The quantitative estimate of drug-likeness (QED) is 0.888.